The van der Waals surface area contributed by atoms with Gasteiger partial charge in [-0.1, -0.05) is 37.3 Å². The molecule has 0 aromatic heterocycles. The van der Waals surface area contributed by atoms with Gasteiger partial charge in [-0.2, -0.15) is 0 Å². The fourth-order valence-corrected chi connectivity index (χ4v) is 2.46. The molecule has 7 heteroatoms. The van der Waals surface area contributed by atoms with Crippen LogP contribution in [0.4, 0.5) is 0 Å². The van der Waals surface area contributed by atoms with Gasteiger partial charge in [0.05, 0.1) is 6.61 Å². The van der Waals surface area contributed by atoms with Crippen LogP contribution in [0.15, 0.2) is 54.6 Å². The second-order valence-electron chi connectivity index (χ2n) is 6.14. The molecule has 0 atom stereocenters. The summed E-state index contributed by atoms with van der Waals surface area (Å²) in [6, 6.07) is 16.7. The molecular formula is C21H25N3O3S. The highest BCUT2D eigenvalue weighted by Crippen LogP contribution is 2.14. The highest BCUT2D eigenvalue weighted by atomic mass is 32.1. The predicted molar refractivity (Wildman–Crippen MR) is 113 cm³/mol. The van der Waals surface area contributed by atoms with Crippen LogP contribution >= 0.6 is 12.2 Å². The van der Waals surface area contributed by atoms with Crippen molar-refractivity contribution < 1.29 is 14.3 Å². The van der Waals surface area contributed by atoms with Gasteiger partial charge in [0.1, 0.15) is 5.75 Å². The standard InChI is InChI=1S/C21H25N3O3S/c1-2-14-27-18-10-8-17(9-11-18)19(25)12-13-20(26)23-24-21(28)22-15-16-6-4-3-5-7-16/h3-11H,2,12-15H2,1H3,(H,23,26)(H2,22,24,28). The van der Waals surface area contributed by atoms with Crippen molar-refractivity contribution in [1.82, 2.24) is 16.2 Å². The molecule has 0 aliphatic heterocycles. The van der Waals surface area contributed by atoms with Gasteiger partial charge in [0.15, 0.2) is 10.9 Å². The Bertz CT molecular complexity index is 779. The lowest BCUT2D eigenvalue weighted by molar-refractivity contribution is -0.121. The number of hydrogen-bond acceptors (Lipinski definition) is 4. The molecule has 2 rings (SSSR count). The van der Waals surface area contributed by atoms with Crippen LogP contribution in [0.2, 0.25) is 0 Å². The lowest BCUT2D eigenvalue weighted by atomic mass is 10.1. The Kier molecular flexibility index (Phi) is 8.94. The zero-order valence-corrected chi connectivity index (χ0v) is 16.7. The van der Waals surface area contributed by atoms with Gasteiger partial charge in [0, 0.05) is 24.9 Å². The number of ketones is 1. The number of amides is 1. The highest BCUT2D eigenvalue weighted by Gasteiger charge is 2.10. The average Bonchev–Trinajstić information content (AvgIpc) is 2.74. The van der Waals surface area contributed by atoms with E-state index in [0.29, 0.717) is 23.8 Å². The minimum Gasteiger partial charge on any atom is -0.494 e. The van der Waals surface area contributed by atoms with E-state index < -0.39 is 0 Å². The molecule has 0 spiro atoms. The van der Waals surface area contributed by atoms with Gasteiger partial charge >= 0.3 is 0 Å². The molecule has 0 unspecified atom stereocenters. The minimum absolute atomic E-state index is 0.0707. The maximum absolute atomic E-state index is 12.2. The van der Waals surface area contributed by atoms with Crippen molar-refractivity contribution in [3.05, 3.63) is 65.7 Å². The van der Waals surface area contributed by atoms with Crippen LogP contribution in [0, 0.1) is 0 Å². The summed E-state index contributed by atoms with van der Waals surface area (Å²) in [5, 5.41) is 3.30. The normalized spacial score (nSPS) is 10.0. The molecule has 2 aromatic carbocycles. The molecule has 0 bridgehead atoms. The average molecular weight is 400 g/mol. The van der Waals surface area contributed by atoms with Crippen LogP contribution in [-0.2, 0) is 11.3 Å². The first kappa shape index (κ1) is 21.4. The minimum atomic E-state index is -0.305. The summed E-state index contributed by atoms with van der Waals surface area (Å²) in [7, 11) is 0. The second kappa shape index (κ2) is 11.7. The maximum atomic E-state index is 12.2. The van der Waals surface area contributed by atoms with Crippen LogP contribution in [-0.4, -0.2) is 23.4 Å². The van der Waals surface area contributed by atoms with Crippen molar-refractivity contribution >= 4 is 29.0 Å². The van der Waals surface area contributed by atoms with E-state index in [-0.39, 0.29) is 24.5 Å². The molecule has 1 amide bonds. The smallest absolute Gasteiger partial charge is 0.238 e. The third-order valence-corrected chi connectivity index (χ3v) is 4.09. The van der Waals surface area contributed by atoms with Gasteiger partial charge in [-0.3, -0.25) is 20.4 Å². The number of thiocarbonyl (C=S) groups is 1. The Balaban J connectivity index is 1.65. The number of hydrazine groups is 1. The van der Waals surface area contributed by atoms with E-state index in [2.05, 4.69) is 16.2 Å². The lowest BCUT2D eigenvalue weighted by Crippen LogP contribution is -2.46. The van der Waals surface area contributed by atoms with Crippen molar-refractivity contribution in [3.63, 3.8) is 0 Å². The molecule has 0 aliphatic carbocycles. The molecular weight excluding hydrogens is 374 g/mol. The molecule has 3 N–H and O–H groups in total. The molecule has 148 valence electrons. The van der Waals surface area contributed by atoms with E-state index in [4.69, 9.17) is 17.0 Å². The summed E-state index contributed by atoms with van der Waals surface area (Å²) in [4.78, 5) is 24.1. The third-order valence-electron chi connectivity index (χ3n) is 3.84. The number of carbonyl (C=O) groups excluding carboxylic acids is 2. The summed E-state index contributed by atoms with van der Waals surface area (Å²) in [6.45, 7) is 3.23. The van der Waals surface area contributed by atoms with Crippen LogP contribution in [0.1, 0.15) is 42.1 Å². The number of Topliss-reactive ketones (excluding diaryl/α,β-unsaturated/α-hetero) is 1. The maximum Gasteiger partial charge on any atom is 0.238 e. The van der Waals surface area contributed by atoms with Crippen molar-refractivity contribution in [2.24, 2.45) is 0 Å². The lowest BCUT2D eigenvalue weighted by Gasteiger charge is -2.11. The first-order chi connectivity index (χ1) is 13.6. The summed E-state index contributed by atoms with van der Waals surface area (Å²) < 4.78 is 5.49. The quantitative estimate of drug-likeness (QED) is 0.342. The Morgan fingerprint density at radius 1 is 0.964 bits per heavy atom. The number of carbonyl (C=O) groups is 2. The summed E-state index contributed by atoms with van der Waals surface area (Å²) in [5.74, 6) is 0.332. The molecule has 2 aromatic rings. The van der Waals surface area contributed by atoms with Gasteiger partial charge in [0.2, 0.25) is 5.91 Å². The first-order valence-corrected chi connectivity index (χ1v) is 9.62. The Morgan fingerprint density at radius 2 is 1.68 bits per heavy atom. The molecule has 0 radical (unpaired) electrons. The van der Waals surface area contributed by atoms with E-state index in [0.717, 1.165) is 17.7 Å². The van der Waals surface area contributed by atoms with E-state index in [1.54, 1.807) is 24.3 Å². The van der Waals surface area contributed by atoms with Crippen LogP contribution in [0.3, 0.4) is 0 Å². The molecule has 0 aliphatic rings. The van der Waals surface area contributed by atoms with Crippen molar-refractivity contribution in [2.45, 2.75) is 32.7 Å². The second-order valence-corrected chi connectivity index (χ2v) is 6.55. The van der Waals surface area contributed by atoms with Crippen molar-refractivity contribution in [2.75, 3.05) is 6.61 Å². The predicted octanol–water partition coefficient (Wildman–Crippen LogP) is 3.13. The van der Waals surface area contributed by atoms with Gasteiger partial charge in [-0.05, 0) is 48.5 Å². The fraction of sp³-hybridized carbons (Fsp3) is 0.286. The van der Waals surface area contributed by atoms with Gasteiger partial charge in [-0.25, -0.2) is 0 Å². The molecule has 0 saturated heterocycles. The summed E-state index contributed by atoms with van der Waals surface area (Å²) in [5.41, 5.74) is 6.77. The molecule has 6 nitrogen and oxygen atoms in total. The molecule has 0 heterocycles. The fourth-order valence-electron chi connectivity index (χ4n) is 2.34. The number of benzene rings is 2. The van der Waals surface area contributed by atoms with Crippen molar-refractivity contribution in [3.8, 4) is 5.75 Å². The van der Waals surface area contributed by atoms with Crippen LogP contribution in [0.5, 0.6) is 5.75 Å². The number of rotatable bonds is 9. The monoisotopic (exact) mass is 399 g/mol. The van der Waals surface area contributed by atoms with Crippen molar-refractivity contribution in [1.29, 1.82) is 0 Å². The largest absolute Gasteiger partial charge is 0.494 e. The Hall–Kier alpha value is -2.93. The van der Waals surface area contributed by atoms with Gasteiger partial charge in [0.25, 0.3) is 0 Å². The van der Waals surface area contributed by atoms with E-state index >= 15 is 0 Å². The van der Waals surface area contributed by atoms with E-state index in [9.17, 15) is 9.59 Å². The number of nitrogens with one attached hydrogen (secondary N) is 3. The molecule has 28 heavy (non-hydrogen) atoms. The van der Waals surface area contributed by atoms with Gasteiger partial charge in [-0.15, -0.1) is 0 Å². The number of hydrogen-bond donors (Lipinski definition) is 3. The molecule has 0 fully saturated rings. The number of ether oxygens (including phenoxy) is 1. The Labute approximate surface area is 170 Å². The van der Waals surface area contributed by atoms with E-state index in [1.165, 1.54) is 0 Å². The highest BCUT2D eigenvalue weighted by molar-refractivity contribution is 7.80. The molecule has 0 saturated carbocycles. The summed E-state index contributed by atoms with van der Waals surface area (Å²) in [6.07, 6.45) is 1.11. The first-order valence-electron chi connectivity index (χ1n) is 9.21. The SMILES string of the molecule is CCCOc1ccc(C(=O)CCC(=O)NNC(=S)NCc2ccccc2)cc1. The van der Waals surface area contributed by atoms with Crippen LogP contribution < -0.4 is 20.9 Å². The zero-order valence-electron chi connectivity index (χ0n) is 15.9. The zero-order chi connectivity index (χ0) is 20.2. The van der Waals surface area contributed by atoms with Crippen LogP contribution in [0.25, 0.3) is 0 Å². The Morgan fingerprint density at radius 3 is 2.36 bits per heavy atom. The third kappa shape index (κ3) is 7.75. The van der Waals surface area contributed by atoms with Gasteiger partial charge < -0.3 is 10.1 Å². The van der Waals surface area contributed by atoms with E-state index in [1.807, 2.05) is 37.3 Å². The summed E-state index contributed by atoms with van der Waals surface area (Å²) >= 11 is 5.11. The topological polar surface area (TPSA) is 79.5 Å².